The molecule has 1 amide bonds. The van der Waals surface area contributed by atoms with Gasteiger partial charge >= 0.3 is 0 Å². The maximum absolute atomic E-state index is 11.7. The fourth-order valence-electron chi connectivity index (χ4n) is 1.63. The van der Waals surface area contributed by atoms with Gasteiger partial charge in [0.05, 0.1) is 13.2 Å². The zero-order valence-electron chi connectivity index (χ0n) is 14.5. The van der Waals surface area contributed by atoms with E-state index in [0.717, 1.165) is 23.1 Å². The lowest BCUT2D eigenvalue weighted by Gasteiger charge is -2.14. The van der Waals surface area contributed by atoms with Crippen LogP contribution in [0, 0.1) is 5.92 Å². The van der Waals surface area contributed by atoms with E-state index in [9.17, 15) is 4.79 Å². The minimum Gasteiger partial charge on any atom is -0.494 e. The first-order chi connectivity index (χ1) is 11.5. The summed E-state index contributed by atoms with van der Waals surface area (Å²) in [4.78, 5) is 16.8. The van der Waals surface area contributed by atoms with Crippen LogP contribution in [0.25, 0.3) is 6.08 Å². The van der Waals surface area contributed by atoms with Gasteiger partial charge in [-0.3, -0.25) is 4.79 Å². The van der Waals surface area contributed by atoms with Crippen LogP contribution in [0.3, 0.4) is 0 Å². The average molecular weight is 400 g/mol. The van der Waals surface area contributed by atoms with E-state index in [1.807, 2.05) is 38.1 Å². The summed E-state index contributed by atoms with van der Waals surface area (Å²) in [6.07, 6.45) is 3.60. The van der Waals surface area contributed by atoms with Crippen LogP contribution < -0.4 is 10.2 Å². The number of rotatable bonds is 11. The fourth-order valence-corrected chi connectivity index (χ4v) is 1.86. The molecule has 0 aliphatic carbocycles. The minimum atomic E-state index is -0.485. The fraction of sp³-hybridized carbons (Fsp3) is 0.500. The van der Waals surface area contributed by atoms with E-state index < -0.39 is 6.29 Å². The van der Waals surface area contributed by atoms with Gasteiger partial charge in [-0.1, -0.05) is 41.9 Å². The van der Waals surface area contributed by atoms with Crippen LogP contribution in [0.5, 0.6) is 5.75 Å². The molecule has 0 fully saturated rings. The SMILES string of the molecule is CC(C)COC(C)ONC(=O)/C=C/c1ccc(OCCCBr)cc1. The van der Waals surface area contributed by atoms with E-state index in [0.29, 0.717) is 19.1 Å². The second kappa shape index (κ2) is 12.1. The van der Waals surface area contributed by atoms with Gasteiger partial charge in [-0.15, -0.1) is 0 Å². The maximum Gasteiger partial charge on any atom is 0.267 e. The first-order valence-corrected chi connectivity index (χ1v) is 9.17. The molecule has 0 aliphatic heterocycles. The highest BCUT2D eigenvalue weighted by Crippen LogP contribution is 2.13. The van der Waals surface area contributed by atoms with Gasteiger partial charge in [0.2, 0.25) is 0 Å². The van der Waals surface area contributed by atoms with Crippen molar-refractivity contribution >= 4 is 27.9 Å². The second-order valence-corrected chi connectivity index (χ2v) is 6.47. The first kappa shape index (κ1) is 20.7. The Balaban J connectivity index is 2.33. The van der Waals surface area contributed by atoms with Crippen LogP contribution in [0.4, 0.5) is 0 Å². The molecule has 0 heterocycles. The highest BCUT2D eigenvalue weighted by atomic mass is 79.9. The molecule has 1 aromatic carbocycles. The predicted octanol–water partition coefficient (Wildman–Crippen LogP) is 3.93. The summed E-state index contributed by atoms with van der Waals surface area (Å²) in [5.74, 6) is 0.891. The number of halogens is 1. The molecule has 0 aliphatic rings. The molecule has 24 heavy (non-hydrogen) atoms. The van der Waals surface area contributed by atoms with Crippen LogP contribution in [-0.4, -0.2) is 30.7 Å². The lowest BCUT2D eigenvalue weighted by molar-refractivity contribution is -0.180. The van der Waals surface area contributed by atoms with Crippen molar-refractivity contribution in [2.24, 2.45) is 5.92 Å². The highest BCUT2D eigenvalue weighted by molar-refractivity contribution is 9.09. The molecule has 1 aromatic rings. The molecule has 1 atom stereocenters. The average Bonchev–Trinajstić information content (AvgIpc) is 2.57. The topological polar surface area (TPSA) is 56.8 Å². The normalized spacial score (nSPS) is 12.5. The number of carbonyl (C=O) groups is 1. The molecule has 6 heteroatoms. The first-order valence-electron chi connectivity index (χ1n) is 8.05. The summed E-state index contributed by atoms with van der Waals surface area (Å²) < 4.78 is 11.0. The number of hydrogen-bond acceptors (Lipinski definition) is 4. The van der Waals surface area contributed by atoms with Gasteiger partial charge in [0.1, 0.15) is 5.75 Å². The van der Waals surface area contributed by atoms with Crippen LogP contribution >= 0.6 is 15.9 Å². The molecule has 1 unspecified atom stereocenters. The summed E-state index contributed by atoms with van der Waals surface area (Å²) in [7, 11) is 0. The molecular weight excluding hydrogens is 374 g/mol. The monoisotopic (exact) mass is 399 g/mol. The zero-order chi connectivity index (χ0) is 17.8. The van der Waals surface area contributed by atoms with Crippen molar-refractivity contribution < 1.29 is 19.1 Å². The van der Waals surface area contributed by atoms with Gasteiger partial charge < -0.3 is 9.47 Å². The van der Waals surface area contributed by atoms with Gasteiger partial charge in [0.25, 0.3) is 5.91 Å². The molecule has 1 N–H and O–H groups in total. The Hall–Kier alpha value is -1.37. The Kier molecular flexibility index (Phi) is 10.4. The van der Waals surface area contributed by atoms with Crippen molar-refractivity contribution in [3.8, 4) is 5.75 Å². The summed E-state index contributed by atoms with van der Waals surface area (Å²) >= 11 is 3.36. The third-order valence-electron chi connectivity index (χ3n) is 2.84. The largest absolute Gasteiger partial charge is 0.494 e. The van der Waals surface area contributed by atoms with E-state index in [4.69, 9.17) is 14.3 Å². The number of carbonyl (C=O) groups excluding carboxylic acids is 1. The molecule has 0 saturated heterocycles. The Labute approximate surface area is 152 Å². The van der Waals surface area contributed by atoms with E-state index in [-0.39, 0.29) is 5.91 Å². The van der Waals surface area contributed by atoms with Crippen LogP contribution in [-0.2, 0) is 14.4 Å². The van der Waals surface area contributed by atoms with E-state index in [1.165, 1.54) is 6.08 Å². The molecule has 0 saturated carbocycles. The minimum absolute atomic E-state index is 0.340. The molecule has 0 spiro atoms. The van der Waals surface area contributed by atoms with Crippen LogP contribution in [0.2, 0.25) is 0 Å². The maximum atomic E-state index is 11.7. The standard InChI is InChI=1S/C18H26BrNO4/c1-14(2)13-23-15(3)24-20-18(21)10-7-16-5-8-17(9-6-16)22-12-4-11-19/h5-10,14-15H,4,11-13H2,1-3H3,(H,20,21)/b10-7+. The Morgan fingerprint density at radius 3 is 2.58 bits per heavy atom. The molecule has 134 valence electrons. The van der Waals surface area contributed by atoms with Crippen molar-refractivity contribution in [1.29, 1.82) is 0 Å². The molecule has 1 rings (SSSR count). The quantitative estimate of drug-likeness (QED) is 0.201. The van der Waals surface area contributed by atoms with E-state index in [1.54, 1.807) is 13.0 Å². The summed E-state index contributed by atoms with van der Waals surface area (Å²) in [5.41, 5.74) is 3.25. The lowest BCUT2D eigenvalue weighted by atomic mass is 10.2. The number of nitrogens with one attached hydrogen (secondary N) is 1. The molecule has 5 nitrogen and oxygen atoms in total. The van der Waals surface area contributed by atoms with Crippen LogP contribution in [0.1, 0.15) is 32.8 Å². The van der Waals surface area contributed by atoms with Crippen molar-refractivity contribution in [1.82, 2.24) is 5.48 Å². The number of alkyl halides is 1. The van der Waals surface area contributed by atoms with E-state index in [2.05, 4.69) is 21.4 Å². The molecule has 0 radical (unpaired) electrons. The van der Waals surface area contributed by atoms with Crippen molar-refractivity contribution in [2.75, 3.05) is 18.5 Å². The lowest BCUT2D eigenvalue weighted by Crippen LogP contribution is -2.29. The van der Waals surface area contributed by atoms with Crippen molar-refractivity contribution in [3.63, 3.8) is 0 Å². The van der Waals surface area contributed by atoms with Gasteiger partial charge in [-0.05, 0) is 43.0 Å². The summed E-state index contributed by atoms with van der Waals surface area (Å²) in [6.45, 7) is 7.09. The Morgan fingerprint density at radius 1 is 1.25 bits per heavy atom. The number of hydrogen-bond donors (Lipinski definition) is 1. The molecule has 0 aromatic heterocycles. The second-order valence-electron chi connectivity index (χ2n) is 5.67. The van der Waals surface area contributed by atoms with Gasteiger partial charge in [0.15, 0.2) is 6.29 Å². The van der Waals surface area contributed by atoms with Crippen LogP contribution in [0.15, 0.2) is 30.3 Å². The summed E-state index contributed by atoms with van der Waals surface area (Å²) in [5, 5.41) is 0.923. The molecular formula is C18H26BrNO4. The molecule has 0 bridgehead atoms. The van der Waals surface area contributed by atoms with Gasteiger partial charge in [-0.2, -0.15) is 0 Å². The highest BCUT2D eigenvalue weighted by Gasteiger charge is 2.05. The predicted molar refractivity (Wildman–Crippen MR) is 98.9 cm³/mol. The van der Waals surface area contributed by atoms with Gasteiger partial charge in [0, 0.05) is 11.4 Å². The third kappa shape index (κ3) is 9.70. The number of amides is 1. The smallest absolute Gasteiger partial charge is 0.267 e. The number of ether oxygens (including phenoxy) is 2. The van der Waals surface area contributed by atoms with E-state index >= 15 is 0 Å². The van der Waals surface area contributed by atoms with Crippen molar-refractivity contribution in [3.05, 3.63) is 35.9 Å². The zero-order valence-corrected chi connectivity index (χ0v) is 16.0. The van der Waals surface area contributed by atoms with Gasteiger partial charge in [-0.25, -0.2) is 10.3 Å². The third-order valence-corrected chi connectivity index (χ3v) is 3.40. The van der Waals surface area contributed by atoms with Crippen molar-refractivity contribution in [2.45, 2.75) is 33.5 Å². The Bertz CT molecular complexity index is 502. The number of benzene rings is 1. The number of hydroxylamine groups is 1. The Morgan fingerprint density at radius 2 is 1.96 bits per heavy atom. The summed E-state index contributed by atoms with van der Waals surface area (Å²) in [6, 6.07) is 7.54.